The average Bonchev–Trinajstić information content (AvgIpc) is 3.32. The van der Waals surface area contributed by atoms with Gasteiger partial charge in [-0.25, -0.2) is 0 Å². The van der Waals surface area contributed by atoms with Crippen LogP contribution < -0.4 is 5.32 Å². The first-order valence-corrected chi connectivity index (χ1v) is 13.0. The molecule has 0 amide bonds. The Morgan fingerprint density at radius 3 is 2.11 bits per heavy atom. The fourth-order valence-electron chi connectivity index (χ4n) is 5.18. The number of thiophene rings is 1. The van der Waals surface area contributed by atoms with Crippen LogP contribution in [0, 0.1) is 0 Å². The maximum absolute atomic E-state index is 3.72. The summed E-state index contributed by atoms with van der Waals surface area (Å²) in [5, 5.41) is 8.90. The van der Waals surface area contributed by atoms with Gasteiger partial charge in [0.05, 0.1) is 0 Å². The van der Waals surface area contributed by atoms with Gasteiger partial charge >= 0.3 is 0 Å². The molecule has 0 spiro atoms. The van der Waals surface area contributed by atoms with E-state index in [9.17, 15) is 0 Å². The van der Waals surface area contributed by atoms with E-state index in [1.807, 2.05) is 11.3 Å². The van der Waals surface area contributed by atoms with E-state index in [2.05, 4.69) is 139 Å². The zero-order chi connectivity index (χ0) is 23.9. The largest absolute Gasteiger partial charge is 0.355 e. The molecule has 36 heavy (non-hydrogen) atoms. The molecule has 0 unspecified atom stereocenters. The summed E-state index contributed by atoms with van der Waals surface area (Å²) >= 11 is 1.87. The Hall–Kier alpha value is -4.40. The molecule has 2 heteroatoms. The molecule has 0 radical (unpaired) electrons. The van der Waals surface area contributed by atoms with Gasteiger partial charge in [0.25, 0.3) is 0 Å². The lowest BCUT2D eigenvalue weighted by atomic mass is 9.97. The van der Waals surface area contributed by atoms with Crippen LogP contribution in [0.2, 0.25) is 0 Å². The van der Waals surface area contributed by atoms with E-state index in [1.54, 1.807) is 0 Å². The van der Waals surface area contributed by atoms with Crippen LogP contribution in [0.5, 0.6) is 0 Å². The Balaban J connectivity index is 1.31. The zero-order valence-electron chi connectivity index (χ0n) is 19.6. The number of hydrogen-bond acceptors (Lipinski definition) is 2. The van der Waals surface area contributed by atoms with E-state index in [4.69, 9.17) is 0 Å². The molecule has 1 N–H and O–H groups in total. The van der Waals surface area contributed by atoms with Crippen LogP contribution >= 0.6 is 11.3 Å². The van der Waals surface area contributed by atoms with Crippen molar-refractivity contribution in [2.75, 3.05) is 5.32 Å². The molecule has 7 rings (SSSR count). The second kappa shape index (κ2) is 8.67. The van der Waals surface area contributed by atoms with Gasteiger partial charge in [-0.05, 0) is 51.7 Å². The molecule has 0 saturated carbocycles. The van der Waals surface area contributed by atoms with Gasteiger partial charge in [0.15, 0.2) is 0 Å². The van der Waals surface area contributed by atoms with Crippen LogP contribution in [-0.2, 0) is 0 Å². The number of nitrogens with one attached hydrogen (secondary N) is 1. The topological polar surface area (TPSA) is 12.0 Å². The van der Waals surface area contributed by atoms with E-state index < -0.39 is 0 Å². The Morgan fingerprint density at radius 1 is 0.472 bits per heavy atom. The van der Waals surface area contributed by atoms with Crippen molar-refractivity contribution < 1.29 is 0 Å². The van der Waals surface area contributed by atoms with E-state index in [1.165, 1.54) is 53.2 Å². The van der Waals surface area contributed by atoms with Gasteiger partial charge in [-0.2, -0.15) is 0 Å². The number of hydrogen-bond donors (Lipinski definition) is 1. The van der Waals surface area contributed by atoms with Crippen molar-refractivity contribution >= 4 is 53.7 Å². The van der Waals surface area contributed by atoms with Crippen LogP contribution in [0.15, 0.2) is 133 Å². The van der Waals surface area contributed by atoms with Crippen molar-refractivity contribution in [1.82, 2.24) is 0 Å². The van der Waals surface area contributed by atoms with Gasteiger partial charge in [-0.3, -0.25) is 0 Å². The Bertz CT molecular complexity index is 1870. The summed E-state index contributed by atoms with van der Waals surface area (Å²) in [7, 11) is 0. The predicted octanol–water partition coefficient (Wildman–Crippen LogP) is 10.3. The third kappa shape index (κ3) is 3.55. The van der Waals surface area contributed by atoms with Crippen LogP contribution in [-0.4, -0.2) is 0 Å². The molecule has 1 aromatic heterocycles. The monoisotopic (exact) mass is 477 g/mol. The van der Waals surface area contributed by atoms with Crippen molar-refractivity contribution in [2.45, 2.75) is 0 Å². The maximum atomic E-state index is 3.72. The van der Waals surface area contributed by atoms with Crippen LogP contribution in [0.3, 0.4) is 0 Å². The summed E-state index contributed by atoms with van der Waals surface area (Å²) < 4.78 is 2.67. The number of anilines is 2. The molecule has 1 heterocycles. The predicted molar refractivity (Wildman–Crippen MR) is 157 cm³/mol. The fourth-order valence-corrected chi connectivity index (χ4v) is 6.42. The van der Waals surface area contributed by atoms with Gasteiger partial charge in [-0.1, -0.05) is 109 Å². The third-order valence-electron chi connectivity index (χ3n) is 6.86. The summed E-state index contributed by atoms with van der Waals surface area (Å²) in [5.74, 6) is 0. The minimum atomic E-state index is 1.08. The van der Waals surface area contributed by atoms with E-state index in [0.29, 0.717) is 0 Å². The summed E-state index contributed by atoms with van der Waals surface area (Å²) in [5.41, 5.74) is 7.12. The normalized spacial score (nSPS) is 11.3. The summed E-state index contributed by atoms with van der Waals surface area (Å²) in [6.45, 7) is 0. The third-order valence-corrected chi connectivity index (χ3v) is 8.08. The van der Waals surface area contributed by atoms with Crippen molar-refractivity contribution in [3.63, 3.8) is 0 Å². The minimum absolute atomic E-state index is 1.08. The number of benzene rings is 6. The fraction of sp³-hybridized carbons (Fsp3) is 0. The summed E-state index contributed by atoms with van der Waals surface area (Å²) in [4.78, 5) is 0. The van der Waals surface area contributed by atoms with E-state index >= 15 is 0 Å². The SMILES string of the molecule is c1cc(Nc2ccccc2-c2cccc3ccccc23)cc(-c2cccc3c2sc2ccccc23)c1. The van der Waals surface area contributed by atoms with Crippen LogP contribution in [0.4, 0.5) is 11.4 Å². The maximum Gasteiger partial charge on any atom is 0.0464 e. The minimum Gasteiger partial charge on any atom is -0.355 e. The molecule has 7 aromatic rings. The number of fused-ring (bicyclic) bond motifs is 4. The van der Waals surface area contributed by atoms with Crippen molar-refractivity contribution in [3.05, 3.63) is 133 Å². The molecule has 170 valence electrons. The average molecular weight is 478 g/mol. The molecule has 0 fully saturated rings. The highest BCUT2D eigenvalue weighted by atomic mass is 32.1. The van der Waals surface area contributed by atoms with Gasteiger partial charge in [0.1, 0.15) is 0 Å². The first-order chi connectivity index (χ1) is 17.8. The van der Waals surface area contributed by atoms with Crippen LogP contribution in [0.25, 0.3) is 53.2 Å². The Morgan fingerprint density at radius 2 is 1.14 bits per heavy atom. The molecule has 0 aliphatic rings. The van der Waals surface area contributed by atoms with Gasteiger partial charge < -0.3 is 5.32 Å². The quantitative estimate of drug-likeness (QED) is 0.266. The smallest absolute Gasteiger partial charge is 0.0464 e. The van der Waals surface area contributed by atoms with E-state index in [-0.39, 0.29) is 0 Å². The van der Waals surface area contributed by atoms with Gasteiger partial charge in [0.2, 0.25) is 0 Å². The molecule has 0 aliphatic carbocycles. The lowest BCUT2D eigenvalue weighted by Gasteiger charge is -2.15. The lowest BCUT2D eigenvalue weighted by molar-refractivity contribution is 1.54. The number of para-hydroxylation sites is 1. The molecule has 0 aliphatic heterocycles. The van der Waals surface area contributed by atoms with E-state index in [0.717, 1.165) is 11.4 Å². The second-order valence-corrected chi connectivity index (χ2v) is 10.1. The van der Waals surface area contributed by atoms with Crippen molar-refractivity contribution in [3.8, 4) is 22.3 Å². The van der Waals surface area contributed by atoms with Crippen molar-refractivity contribution in [1.29, 1.82) is 0 Å². The Labute approximate surface area is 214 Å². The molecule has 0 saturated heterocycles. The summed E-state index contributed by atoms with van der Waals surface area (Å²) in [6, 6.07) is 47.8. The molecule has 1 nitrogen and oxygen atoms in total. The highest BCUT2D eigenvalue weighted by molar-refractivity contribution is 7.26. The Kier molecular flexibility index (Phi) is 5.04. The van der Waals surface area contributed by atoms with Gasteiger partial charge in [-0.15, -0.1) is 11.3 Å². The van der Waals surface area contributed by atoms with Gasteiger partial charge in [0, 0.05) is 37.1 Å². The first kappa shape index (κ1) is 20.9. The highest BCUT2D eigenvalue weighted by Crippen LogP contribution is 2.41. The molecule has 0 bridgehead atoms. The van der Waals surface area contributed by atoms with Crippen LogP contribution in [0.1, 0.15) is 0 Å². The zero-order valence-corrected chi connectivity index (χ0v) is 20.4. The highest BCUT2D eigenvalue weighted by Gasteiger charge is 2.12. The molecule has 6 aromatic carbocycles. The van der Waals surface area contributed by atoms with Crippen molar-refractivity contribution in [2.24, 2.45) is 0 Å². The number of rotatable bonds is 4. The molecular formula is C34H23NS. The summed E-state index contributed by atoms with van der Waals surface area (Å²) in [6.07, 6.45) is 0. The molecular weight excluding hydrogens is 454 g/mol. The first-order valence-electron chi connectivity index (χ1n) is 12.2. The molecule has 0 atom stereocenters. The lowest BCUT2D eigenvalue weighted by Crippen LogP contribution is -1.94. The standard InChI is InChI=1S/C34H23NS/c1-2-14-26-23(10-1)11-8-18-28(26)29-15-3-5-20-32(29)35-25-13-7-12-24(22-25)27-17-9-19-31-30-16-4-6-21-33(30)36-34(27)31/h1-22,35H. The second-order valence-electron chi connectivity index (χ2n) is 9.06.